The molecule has 5 unspecified atom stereocenters. The first-order chi connectivity index (χ1) is 17.8. The summed E-state index contributed by atoms with van der Waals surface area (Å²) in [5, 5.41) is 81.2. The Morgan fingerprint density at radius 2 is 1.58 bits per heavy atom. The molecule has 1 aromatic heterocycles. The van der Waals surface area contributed by atoms with Crippen molar-refractivity contribution < 1.29 is 59.5 Å². The summed E-state index contributed by atoms with van der Waals surface area (Å²) in [6.07, 6.45) is -8.78. The van der Waals surface area contributed by atoms with Gasteiger partial charge in [0.2, 0.25) is 0 Å². The topological polar surface area (TPSA) is 228 Å². The number of rotatable bonds is 5. The Kier molecular flexibility index (Phi) is 7.12. The van der Waals surface area contributed by atoms with Crippen LogP contribution in [0.25, 0.3) is 11.0 Å². The second kappa shape index (κ2) is 10.0. The molecule has 3 aromatic rings. The molecule has 0 saturated carbocycles. The molecule has 204 valence electrons. The second-order valence-electron chi connectivity index (χ2n) is 9.19. The molecule has 1 fully saturated rings. The second-order valence-corrected chi connectivity index (χ2v) is 9.19. The number of aromatic hydroxyl groups is 5. The molecule has 1 aliphatic rings. The van der Waals surface area contributed by atoms with Gasteiger partial charge < -0.3 is 54.7 Å². The fraction of sp³-hybridized carbons (Fsp3) is 0.360. The maximum absolute atomic E-state index is 12.8. The monoisotopic (exact) mass is 534 g/mol. The Morgan fingerprint density at radius 3 is 2.16 bits per heavy atom. The van der Waals surface area contributed by atoms with E-state index in [4.69, 9.17) is 13.9 Å². The zero-order valence-electron chi connectivity index (χ0n) is 20.1. The number of benzene rings is 2. The fourth-order valence-electron chi connectivity index (χ4n) is 4.26. The van der Waals surface area contributed by atoms with E-state index in [-0.39, 0.29) is 22.6 Å². The first kappa shape index (κ1) is 27.0. The van der Waals surface area contributed by atoms with Crippen molar-refractivity contribution in [1.82, 2.24) is 0 Å². The normalized spacial score (nSPS) is 23.6. The summed E-state index contributed by atoms with van der Waals surface area (Å²) in [7, 11) is 0. The minimum absolute atomic E-state index is 0.154. The average Bonchev–Trinajstić information content (AvgIpc) is 2.85. The minimum Gasteiger partial charge on any atom is -0.507 e. The molecule has 13 heteroatoms. The zero-order valence-corrected chi connectivity index (χ0v) is 20.1. The van der Waals surface area contributed by atoms with E-state index in [1.165, 1.54) is 0 Å². The molecular weight excluding hydrogens is 508 g/mol. The maximum Gasteiger partial charge on any atom is 0.338 e. The smallest absolute Gasteiger partial charge is 0.338 e. The molecule has 1 saturated heterocycles. The van der Waals surface area contributed by atoms with E-state index in [1.807, 2.05) is 0 Å². The molecule has 1 aliphatic heterocycles. The summed E-state index contributed by atoms with van der Waals surface area (Å²) in [6.45, 7) is 2.72. The van der Waals surface area contributed by atoms with Crippen molar-refractivity contribution in [2.45, 2.75) is 50.3 Å². The number of fused-ring (bicyclic) bond motifs is 1. The molecule has 0 amide bonds. The number of phenolic OH excluding ortho intramolecular Hbond substituents is 5. The Balaban J connectivity index is 1.83. The van der Waals surface area contributed by atoms with Crippen molar-refractivity contribution >= 4 is 16.9 Å². The summed E-state index contributed by atoms with van der Waals surface area (Å²) in [5.41, 5.74) is -1.79. The van der Waals surface area contributed by atoms with Crippen LogP contribution in [0.5, 0.6) is 28.7 Å². The van der Waals surface area contributed by atoms with Gasteiger partial charge in [-0.3, -0.25) is 4.79 Å². The van der Waals surface area contributed by atoms with Gasteiger partial charge in [-0.25, -0.2) is 4.79 Å². The fourth-order valence-corrected chi connectivity index (χ4v) is 4.26. The van der Waals surface area contributed by atoms with Crippen LogP contribution in [0.15, 0.2) is 33.5 Å². The van der Waals surface area contributed by atoms with Crippen LogP contribution in [-0.2, 0) is 9.47 Å². The zero-order chi connectivity index (χ0) is 28.0. The summed E-state index contributed by atoms with van der Waals surface area (Å²) in [4.78, 5) is 25.7. The largest absolute Gasteiger partial charge is 0.507 e. The van der Waals surface area contributed by atoms with Gasteiger partial charge in [-0.1, -0.05) is 13.8 Å². The molecule has 0 radical (unpaired) electrons. The SMILES string of the molecule is CC(C)c1cc(=O)c2c(O)c(C3OC(CO)C(O)C(O)C3OC(=O)c3cc(O)c(O)c(O)c3)c(O)cc2o1. The van der Waals surface area contributed by atoms with Gasteiger partial charge in [0.15, 0.2) is 28.8 Å². The first-order valence-corrected chi connectivity index (χ1v) is 11.5. The van der Waals surface area contributed by atoms with Gasteiger partial charge in [0.25, 0.3) is 0 Å². The number of hydrogen-bond donors (Lipinski definition) is 8. The van der Waals surface area contributed by atoms with Crippen molar-refractivity contribution in [2.75, 3.05) is 6.61 Å². The summed E-state index contributed by atoms with van der Waals surface area (Å²) >= 11 is 0. The van der Waals surface area contributed by atoms with Gasteiger partial charge in [-0.2, -0.15) is 0 Å². The van der Waals surface area contributed by atoms with E-state index in [0.29, 0.717) is 0 Å². The summed E-state index contributed by atoms with van der Waals surface area (Å²) in [5.74, 6) is -5.27. The van der Waals surface area contributed by atoms with Gasteiger partial charge in [-0.05, 0) is 12.1 Å². The number of carbonyl (C=O) groups is 1. The molecule has 2 heterocycles. The molecule has 0 spiro atoms. The molecule has 13 nitrogen and oxygen atoms in total. The number of carbonyl (C=O) groups excluding carboxylic acids is 1. The van der Waals surface area contributed by atoms with Gasteiger partial charge in [-0.15, -0.1) is 0 Å². The van der Waals surface area contributed by atoms with Crippen LogP contribution in [0.1, 0.15) is 47.6 Å². The van der Waals surface area contributed by atoms with Gasteiger partial charge in [0, 0.05) is 18.1 Å². The van der Waals surface area contributed by atoms with Crippen LogP contribution in [0, 0.1) is 0 Å². The summed E-state index contributed by atoms with van der Waals surface area (Å²) in [6, 6.07) is 3.71. The van der Waals surface area contributed by atoms with E-state index in [0.717, 1.165) is 24.3 Å². The van der Waals surface area contributed by atoms with Crippen LogP contribution in [0.3, 0.4) is 0 Å². The van der Waals surface area contributed by atoms with E-state index < -0.39 is 88.4 Å². The highest BCUT2D eigenvalue weighted by molar-refractivity contribution is 5.91. The Hall–Kier alpha value is -4.04. The highest BCUT2D eigenvalue weighted by Gasteiger charge is 2.49. The van der Waals surface area contributed by atoms with Crippen LogP contribution in [0.2, 0.25) is 0 Å². The van der Waals surface area contributed by atoms with Crippen LogP contribution >= 0.6 is 0 Å². The third-order valence-electron chi connectivity index (χ3n) is 6.30. The van der Waals surface area contributed by atoms with E-state index in [9.17, 15) is 50.4 Å². The third-order valence-corrected chi connectivity index (χ3v) is 6.30. The predicted molar refractivity (Wildman–Crippen MR) is 127 cm³/mol. The lowest BCUT2D eigenvalue weighted by atomic mass is 9.89. The third kappa shape index (κ3) is 4.56. The number of hydrogen-bond acceptors (Lipinski definition) is 13. The van der Waals surface area contributed by atoms with Crippen LogP contribution in [-0.4, -0.2) is 77.8 Å². The Morgan fingerprint density at radius 1 is 0.947 bits per heavy atom. The van der Waals surface area contributed by atoms with Crippen LogP contribution < -0.4 is 5.43 Å². The number of ether oxygens (including phenoxy) is 2. The van der Waals surface area contributed by atoms with E-state index in [1.54, 1.807) is 13.8 Å². The van der Waals surface area contributed by atoms with Crippen LogP contribution in [0.4, 0.5) is 0 Å². The molecule has 5 atom stereocenters. The number of phenols is 5. The Bertz CT molecular complexity index is 1420. The Labute approximate surface area is 214 Å². The van der Waals surface area contributed by atoms with Crippen molar-refractivity contribution in [1.29, 1.82) is 0 Å². The summed E-state index contributed by atoms with van der Waals surface area (Å²) < 4.78 is 16.5. The maximum atomic E-state index is 12.8. The quantitative estimate of drug-likeness (QED) is 0.168. The number of esters is 1. The minimum atomic E-state index is -1.94. The number of aliphatic hydroxyl groups is 3. The van der Waals surface area contributed by atoms with Crippen molar-refractivity contribution in [2.24, 2.45) is 0 Å². The lowest BCUT2D eigenvalue weighted by Gasteiger charge is -2.42. The molecule has 38 heavy (non-hydrogen) atoms. The highest BCUT2D eigenvalue weighted by Crippen LogP contribution is 2.46. The van der Waals surface area contributed by atoms with E-state index in [2.05, 4.69) is 0 Å². The van der Waals surface area contributed by atoms with E-state index >= 15 is 0 Å². The van der Waals surface area contributed by atoms with Gasteiger partial charge >= 0.3 is 5.97 Å². The molecule has 4 rings (SSSR count). The molecule has 0 aliphatic carbocycles. The average molecular weight is 534 g/mol. The first-order valence-electron chi connectivity index (χ1n) is 11.5. The molecule has 8 N–H and O–H groups in total. The van der Waals surface area contributed by atoms with Crippen molar-refractivity contribution in [3.8, 4) is 28.7 Å². The van der Waals surface area contributed by atoms with Crippen molar-refractivity contribution in [3.63, 3.8) is 0 Å². The molecule has 0 bridgehead atoms. The highest BCUT2D eigenvalue weighted by atomic mass is 16.6. The lowest BCUT2D eigenvalue weighted by molar-refractivity contribution is -0.232. The standard InChI is InChI=1S/C25H26O13/c1-8(2)14-5-10(27)17-15(36-14)6-11(28)18(21(17)33)23-24(22(34)20(32)16(7-26)37-23)38-25(35)9-3-12(29)19(31)13(30)4-9/h3-6,8,16,20,22-24,26,28-34H,7H2,1-2H3. The van der Waals surface area contributed by atoms with Gasteiger partial charge in [0.1, 0.15) is 52.6 Å². The lowest BCUT2D eigenvalue weighted by Crippen LogP contribution is -2.56. The molecular formula is C25H26O13. The molecule has 2 aromatic carbocycles. The number of aliphatic hydroxyl groups excluding tert-OH is 3. The van der Waals surface area contributed by atoms with Gasteiger partial charge in [0.05, 0.1) is 17.7 Å². The van der Waals surface area contributed by atoms with Crippen molar-refractivity contribution in [3.05, 3.63) is 51.4 Å². The predicted octanol–water partition coefficient (Wildman–Crippen LogP) is 0.824.